The van der Waals surface area contributed by atoms with Gasteiger partial charge in [0.15, 0.2) is 0 Å². The Morgan fingerprint density at radius 2 is 2.14 bits per heavy atom. The van der Waals surface area contributed by atoms with Gasteiger partial charge in [-0.2, -0.15) is 0 Å². The highest BCUT2D eigenvalue weighted by Crippen LogP contribution is 2.25. The van der Waals surface area contributed by atoms with Gasteiger partial charge >= 0.3 is 0 Å². The van der Waals surface area contributed by atoms with Gasteiger partial charge in [-0.05, 0) is 12.1 Å². The number of nitrogens with zero attached hydrogens (tertiary/aromatic N) is 2. The minimum Gasteiger partial charge on any atom is -0.350 e. The van der Waals surface area contributed by atoms with Crippen molar-refractivity contribution in [2.75, 3.05) is 19.6 Å². The van der Waals surface area contributed by atoms with E-state index in [-0.39, 0.29) is 11.6 Å². The maximum absolute atomic E-state index is 12.0. The first-order valence-electron chi connectivity index (χ1n) is 6.83. The highest BCUT2D eigenvalue weighted by Gasteiger charge is 2.19. The first kappa shape index (κ1) is 14.6. The smallest absolute Gasteiger partial charge is 0.270 e. The molecular formula is C14H14N4O3S. The van der Waals surface area contributed by atoms with Crippen LogP contribution in [0.15, 0.2) is 29.6 Å². The number of rotatable bonds is 5. The number of nitro groups is 1. The molecule has 0 bridgehead atoms. The molecule has 0 spiro atoms. The third kappa shape index (κ3) is 3.12. The molecule has 7 nitrogen and oxygen atoms in total. The summed E-state index contributed by atoms with van der Waals surface area (Å²) in [4.78, 5) is 26.5. The van der Waals surface area contributed by atoms with Crippen molar-refractivity contribution < 1.29 is 9.72 Å². The van der Waals surface area contributed by atoms with Crippen molar-refractivity contribution in [3.63, 3.8) is 0 Å². The lowest BCUT2D eigenvalue weighted by Gasteiger charge is -2.26. The molecule has 1 fully saturated rings. The van der Waals surface area contributed by atoms with Gasteiger partial charge in [-0.1, -0.05) is 0 Å². The molecular weight excluding hydrogens is 304 g/mol. The predicted molar refractivity (Wildman–Crippen MR) is 82.9 cm³/mol. The maximum Gasteiger partial charge on any atom is 0.270 e. The monoisotopic (exact) mass is 318 g/mol. The Balaban J connectivity index is 1.66. The summed E-state index contributed by atoms with van der Waals surface area (Å²) in [6.45, 7) is 2.52. The molecule has 1 aliphatic heterocycles. The van der Waals surface area contributed by atoms with Crippen LogP contribution in [0, 0.1) is 16.0 Å². The molecule has 1 aromatic carbocycles. The number of hydrogen-bond donors (Lipinski definition) is 2. The zero-order chi connectivity index (χ0) is 15.5. The van der Waals surface area contributed by atoms with Crippen LogP contribution in [0.5, 0.6) is 0 Å². The summed E-state index contributed by atoms with van der Waals surface area (Å²) in [5.41, 5.74) is 1.18. The van der Waals surface area contributed by atoms with Gasteiger partial charge in [0.25, 0.3) is 11.6 Å². The van der Waals surface area contributed by atoms with Gasteiger partial charge < -0.3 is 10.6 Å². The summed E-state index contributed by atoms with van der Waals surface area (Å²) in [6.07, 6.45) is 0. The van der Waals surface area contributed by atoms with Gasteiger partial charge in [0, 0.05) is 48.6 Å². The summed E-state index contributed by atoms with van der Waals surface area (Å²) < 4.78 is 0. The molecule has 1 aliphatic rings. The molecule has 2 aromatic rings. The molecule has 22 heavy (non-hydrogen) atoms. The Hall–Kier alpha value is -2.32. The number of thiazole rings is 1. The average molecular weight is 318 g/mol. The lowest BCUT2D eigenvalue weighted by atomic mass is 10.0. The third-order valence-electron chi connectivity index (χ3n) is 3.48. The number of aromatic nitrogens is 1. The van der Waals surface area contributed by atoms with Crippen molar-refractivity contribution in [1.29, 1.82) is 0 Å². The van der Waals surface area contributed by atoms with Crippen LogP contribution < -0.4 is 10.6 Å². The van der Waals surface area contributed by atoms with Crippen molar-refractivity contribution in [2.45, 2.75) is 0 Å². The number of nitro benzene ring substituents is 1. The highest BCUT2D eigenvalue weighted by atomic mass is 32.1. The van der Waals surface area contributed by atoms with Crippen LogP contribution in [0.4, 0.5) is 5.69 Å². The van der Waals surface area contributed by atoms with Crippen molar-refractivity contribution in [3.8, 4) is 10.6 Å². The number of carbonyl (C=O) groups excluding carboxylic acids is 1. The van der Waals surface area contributed by atoms with E-state index in [1.807, 2.05) is 0 Å². The largest absolute Gasteiger partial charge is 0.350 e. The van der Waals surface area contributed by atoms with Crippen LogP contribution in [0.2, 0.25) is 0 Å². The minimum absolute atomic E-state index is 0.0346. The number of hydrogen-bond acceptors (Lipinski definition) is 6. The van der Waals surface area contributed by atoms with Crippen LogP contribution in [0.25, 0.3) is 10.6 Å². The van der Waals surface area contributed by atoms with E-state index in [9.17, 15) is 14.9 Å². The molecule has 2 heterocycles. The van der Waals surface area contributed by atoms with E-state index >= 15 is 0 Å². The normalized spacial score (nSPS) is 14.4. The van der Waals surface area contributed by atoms with E-state index < -0.39 is 4.92 Å². The zero-order valence-electron chi connectivity index (χ0n) is 11.6. The van der Waals surface area contributed by atoms with E-state index in [2.05, 4.69) is 15.6 Å². The molecule has 1 aromatic heterocycles. The molecule has 0 saturated carbocycles. The van der Waals surface area contributed by atoms with Gasteiger partial charge in [0.05, 0.1) is 4.92 Å². The third-order valence-corrected chi connectivity index (χ3v) is 4.37. The second-order valence-electron chi connectivity index (χ2n) is 5.08. The summed E-state index contributed by atoms with van der Waals surface area (Å²) in [6, 6.07) is 6.14. The van der Waals surface area contributed by atoms with Crippen LogP contribution >= 0.6 is 11.3 Å². The molecule has 0 unspecified atom stereocenters. The Morgan fingerprint density at radius 1 is 1.41 bits per heavy atom. The van der Waals surface area contributed by atoms with E-state index in [1.165, 1.54) is 23.5 Å². The predicted octanol–water partition coefficient (Wildman–Crippen LogP) is 1.67. The van der Waals surface area contributed by atoms with E-state index in [1.54, 1.807) is 17.5 Å². The Bertz CT molecular complexity index is 694. The maximum atomic E-state index is 12.0. The summed E-state index contributed by atoms with van der Waals surface area (Å²) in [5.74, 6) is 0.313. The van der Waals surface area contributed by atoms with Crippen molar-refractivity contribution in [3.05, 3.63) is 45.5 Å². The molecule has 1 saturated heterocycles. The molecule has 0 atom stereocenters. The molecule has 1 amide bonds. The van der Waals surface area contributed by atoms with Crippen molar-refractivity contribution in [1.82, 2.24) is 15.6 Å². The molecule has 0 aliphatic carbocycles. The number of amides is 1. The lowest BCUT2D eigenvalue weighted by Crippen LogP contribution is -2.48. The summed E-state index contributed by atoms with van der Waals surface area (Å²) in [5, 5.41) is 19.0. The fourth-order valence-electron chi connectivity index (χ4n) is 2.06. The fraction of sp³-hybridized carbons (Fsp3) is 0.286. The van der Waals surface area contributed by atoms with Crippen LogP contribution in [0.3, 0.4) is 0 Å². The second-order valence-corrected chi connectivity index (χ2v) is 5.93. The zero-order valence-corrected chi connectivity index (χ0v) is 12.4. The molecule has 0 radical (unpaired) electrons. The first-order valence-corrected chi connectivity index (χ1v) is 7.71. The van der Waals surface area contributed by atoms with E-state index in [4.69, 9.17) is 0 Å². The van der Waals surface area contributed by atoms with Crippen LogP contribution in [-0.2, 0) is 0 Å². The van der Waals surface area contributed by atoms with Crippen molar-refractivity contribution in [2.24, 2.45) is 5.92 Å². The fourth-order valence-corrected chi connectivity index (χ4v) is 2.86. The molecule has 2 N–H and O–H groups in total. The Labute approximate surface area is 130 Å². The summed E-state index contributed by atoms with van der Waals surface area (Å²) in [7, 11) is 0. The SMILES string of the molecule is O=C(NCC1CNC1)c1csc(-c2ccc([N+](=O)[O-])cc2)n1. The second kappa shape index (κ2) is 6.20. The van der Waals surface area contributed by atoms with Gasteiger partial charge in [-0.15, -0.1) is 11.3 Å². The van der Waals surface area contributed by atoms with Crippen LogP contribution in [-0.4, -0.2) is 35.4 Å². The van der Waals surface area contributed by atoms with E-state index in [0.29, 0.717) is 23.2 Å². The van der Waals surface area contributed by atoms with Crippen molar-refractivity contribution >= 4 is 22.9 Å². The highest BCUT2D eigenvalue weighted by molar-refractivity contribution is 7.13. The van der Waals surface area contributed by atoms with Crippen LogP contribution in [0.1, 0.15) is 10.5 Å². The standard InChI is InChI=1S/C14H14N4O3S/c19-13(16-7-9-5-15-6-9)12-8-22-14(17-12)10-1-3-11(4-2-10)18(20)21/h1-4,8-9,15H,5-7H2,(H,16,19). The lowest BCUT2D eigenvalue weighted by molar-refractivity contribution is -0.384. The average Bonchev–Trinajstić information content (AvgIpc) is 2.95. The van der Waals surface area contributed by atoms with E-state index in [0.717, 1.165) is 18.7 Å². The Kier molecular flexibility index (Phi) is 4.12. The minimum atomic E-state index is -0.445. The molecule has 114 valence electrons. The topological polar surface area (TPSA) is 97.2 Å². The number of benzene rings is 1. The van der Waals surface area contributed by atoms with Gasteiger partial charge in [-0.25, -0.2) is 4.98 Å². The Morgan fingerprint density at radius 3 is 2.73 bits per heavy atom. The number of nitrogens with one attached hydrogen (secondary N) is 2. The molecule has 3 rings (SSSR count). The summed E-state index contributed by atoms with van der Waals surface area (Å²) >= 11 is 1.35. The van der Waals surface area contributed by atoms with Gasteiger partial charge in [0.1, 0.15) is 10.7 Å². The first-order chi connectivity index (χ1) is 10.6. The molecule has 8 heteroatoms. The number of non-ortho nitro benzene ring substituents is 1. The van der Waals surface area contributed by atoms with Gasteiger partial charge in [0.2, 0.25) is 0 Å². The quantitative estimate of drug-likeness (QED) is 0.645. The number of carbonyl (C=O) groups is 1. The van der Waals surface area contributed by atoms with Gasteiger partial charge in [-0.3, -0.25) is 14.9 Å².